The van der Waals surface area contributed by atoms with Gasteiger partial charge in [-0.2, -0.15) is 0 Å². The summed E-state index contributed by atoms with van der Waals surface area (Å²) >= 11 is 0. The Morgan fingerprint density at radius 1 is 1.32 bits per heavy atom. The van der Waals surface area contributed by atoms with Crippen molar-refractivity contribution >= 4 is 5.82 Å². The van der Waals surface area contributed by atoms with Gasteiger partial charge in [0, 0.05) is 25.9 Å². The Bertz CT molecular complexity index is 382. The molecule has 0 spiro atoms. The molecule has 4 nitrogen and oxygen atoms in total. The van der Waals surface area contributed by atoms with Crippen molar-refractivity contribution in [2.45, 2.75) is 32.1 Å². The third-order valence-corrected chi connectivity index (χ3v) is 3.47. The van der Waals surface area contributed by atoms with Crippen LogP contribution in [0.2, 0.25) is 0 Å². The summed E-state index contributed by atoms with van der Waals surface area (Å²) in [6.45, 7) is 3.86. The number of nitrogens with one attached hydrogen (secondary N) is 2. The van der Waals surface area contributed by atoms with Gasteiger partial charge in [-0.15, -0.1) is 0 Å². The number of hydrogen-bond acceptors (Lipinski definition) is 4. The topological polar surface area (TPSA) is 46.2 Å². The van der Waals surface area contributed by atoms with Crippen molar-refractivity contribution in [1.82, 2.24) is 10.3 Å². The maximum atomic E-state index is 4.99. The van der Waals surface area contributed by atoms with Crippen LogP contribution in [0.3, 0.4) is 0 Å². The number of fused-ring (bicyclic) bond motifs is 1. The minimum Gasteiger partial charge on any atom is -0.383 e. The van der Waals surface area contributed by atoms with Gasteiger partial charge >= 0.3 is 0 Å². The maximum Gasteiger partial charge on any atom is 0.129 e. The van der Waals surface area contributed by atoms with Crippen LogP contribution >= 0.6 is 0 Å². The molecule has 1 aromatic heterocycles. The highest BCUT2D eigenvalue weighted by molar-refractivity contribution is 5.46. The fraction of sp³-hybridized carbons (Fsp3) is 0.667. The molecule has 1 aliphatic rings. The van der Waals surface area contributed by atoms with Crippen LogP contribution in [-0.4, -0.2) is 38.3 Å². The third-order valence-electron chi connectivity index (χ3n) is 3.47. The normalized spacial score (nSPS) is 13.9. The number of nitrogens with zero attached hydrogens (tertiary/aromatic N) is 1. The van der Waals surface area contributed by atoms with Gasteiger partial charge in [0.25, 0.3) is 0 Å². The smallest absolute Gasteiger partial charge is 0.129 e. The number of ether oxygens (including phenoxy) is 1. The van der Waals surface area contributed by atoms with E-state index in [2.05, 4.69) is 22.8 Å². The van der Waals surface area contributed by atoms with Crippen LogP contribution < -0.4 is 10.6 Å². The van der Waals surface area contributed by atoms with Crippen LogP contribution in [0.15, 0.2) is 12.1 Å². The Labute approximate surface area is 116 Å². The summed E-state index contributed by atoms with van der Waals surface area (Å²) in [5, 5.41) is 6.76. The first kappa shape index (κ1) is 14.3. The number of methoxy groups -OCH3 is 1. The van der Waals surface area contributed by atoms with Crippen molar-refractivity contribution in [2.75, 3.05) is 38.7 Å². The first-order valence-electron chi connectivity index (χ1n) is 7.32. The highest BCUT2D eigenvalue weighted by Gasteiger charge is 2.09. The zero-order chi connectivity index (χ0) is 13.3. The fourth-order valence-electron chi connectivity index (χ4n) is 2.36. The zero-order valence-corrected chi connectivity index (χ0v) is 11.9. The predicted octanol–water partition coefficient (Wildman–Crippen LogP) is 2.00. The van der Waals surface area contributed by atoms with E-state index in [0.717, 1.165) is 38.5 Å². The SMILES string of the molecule is COCCNCCCCc1ccc2c(n1)NCCC2. The van der Waals surface area contributed by atoms with E-state index in [1.54, 1.807) is 7.11 Å². The molecule has 0 aliphatic carbocycles. The molecule has 2 heterocycles. The van der Waals surface area contributed by atoms with Crippen molar-refractivity contribution in [2.24, 2.45) is 0 Å². The summed E-state index contributed by atoms with van der Waals surface area (Å²) < 4.78 is 4.99. The van der Waals surface area contributed by atoms with E-state index < -0.39 is 0 Å². The largest absolute Gasteiger partial charge is 0.383 e. The molecular weight excluding hydrogens is 238 g/mol. The molecule has 0 amide bonds. The molecule has 0 fully saturated rings. The minimum atomic E-state index is 0.790. The molecule has 0 radical (unpaired) electrons. The van der Waals surface area contributed by atoms with Gasteiger partial charge in [0.05, 0.1) is 6.61 Å². The Balaban J connectivity index is 1.66. The molecule has 4 heteroatoms. The van der Waals surface area contributed by atoms with Crippen molar-refractivity contribution in [3.8, 4) is 0 Å². The van der Waals surface area contributed by atoms with Gasteiger partial charge in [-0.3, -0.25) is 0 Å². The Morgan fingerprint density at radius 3 is 3.16 bits per heavy atom. The molecule has 0 atom stereocenters. The number of aromatic nitrogens is 1. The summed E-state index contributed by atoms with van der Waals surface area (Å²) in [6, 6.07) is 4.42. The van der Waals surface area contributed by atoms with Crippen LogP contribution in [0, 0.1) is 0 Å². The van der Waals surface area contributed by atoms with E-state index in [4.69, 9.17) is 9.72 Å². The van der Waals surface area contributed by atoms with Gasteiger partial charge in [0.2, 0.25) is 0 Å². The second-order valence-electron chi connectivity index (χ2n) is 5.04. The molecule has 0 aromatic carbocycles. The molecule has 2 N–H and O–H groups in total. The average molecular weight is 263 g/mol. The number of anilines is 1. The Kier molecular flexibility index (Phi) is 6.11. The zero-order valence-electron chi connectivity index (χ0n) is 11.9. The Morgan fingerprint density at radius 2 is 2.26 bits per heavy atom. The van der Waals surface area contributed by atoms with Crippen molar-refractivity contribution in [3.63, 3.8) is 0 Å². The molecule has 1 aliphatic heterocycles. The number of hydrogen-bond donors (Lipinski definition) is 2. The highest BCUT2D eigenvalue weighted by Crippen LogP contribution is 2.20. The first-order chi connectivity index (χ1) is 9.40. The van der Waals surface area contributed by atoms with Crippen LogP contribution in [0.25, 0.3) is 0 Å². The summed E-state index contributed by atoms with van der Waals surface area (Å²) in [6.07, 6.45) is 5.84. The van der Waals surface area contributed by atoms with Gasteiger partial charge < -0.3 is 15.4 Å². The molecule has 0 saturated heterocycles. The van der Waals surface area contributed by atoms with Crippen LogP contribution in [-0.2, 0) is 17.6 Å². The van der Waals surface area contributed by atoms with Crippen molar-refractivity contribution in [1.29, 1.82) is 0 Å². The second-order valence-corrected chi connectivity index (χ2v) is 5.04. The van der Waals surface area contributed by atoms with E-state index in [9.17, 15) is 0 Å². The highest BCUT2D eigenvalue weighted by atomic mass is 16.5. The number of unbranched alkanes of at least 4 members (excludes halogenated alkanes) is 1. The second kappa shape index (κ2) is 8.12. The van der Waals surface area contributed by atoms with Crippen molar-refractivity contribution < 1.29 is 4.74 Å². The van der Waals surface area contributed by atoms with Gasteiger partial charge in [-0.1, -0.05) is 6.07 Å². The molecule has 0 saturated carbocycles. The molecule has 0 unspecified atom stereocenters. The lowest BCUT2D eigenvalue weighted by atomic mass is 10.1. The Hall–Kier alpha value is -1.13. The molecule has 0 bridgehead atoms. The van der Waals surface area contributed by atoms with Gasteiger partial charge in [-0.25, -0.2) is 4.98 Å². The van der Waals surface area contributed by atoms with E-state index in [-0.39, 0.29) is 0 Å². The van der Waals surface area contributed by atoms with Gasteiger partial charge in [0.15, 0.2) is 0 Å². The summed E-state index contributed by atoms with van der Waals surface area (Å²) in [7, 11) is 1.73. The van der Waals surface area contributed by atoms with Crippen LogP contribution in [0.4, 0.5) is 5.82 Å². The number of aryl methyl sites for hydroxylation is 2. The summed E-state index contributed by atoms with van der Waals surface area (Å²) in [4.78, 5) is 4.71. The lowest BCUT2D eigenvalue weighted by Gasteiger charge is -2.17. The fourth-order valence-corrected chi connectivity index (χ4v) is 2.36. The standard InChI is InChI=1S/C15H25N3O/c1-19-12-11-16-9-3-2-6-14-8-7-13-5-4-10-17-15(13)18-14/h7-8,16H,2-6,9-12H2,1H3,(H,17,18). The molecule has 2 rings (SSSR count). The average Bonchev–Trinajstić information content (AvgIpc) is 2.46. The predicted molar refractivity (Wildman–Crippen MR) is 78.7 cm³/mol. The molecule has 19 heavy (non-hydrogen) atoms. The summed E-state index contributed by atoms with van der Waals surface area (Å²) in [5.74, 6) is 1.11. The van der Waals surface area contributed by atoms with Gasteiger partial charge in [0.1, 0.15) is 5.82 Å². The lowest BCUT2D eigenvalue weighted by molar-refractivity contribution is 0.199. The van der Waals surface area contributed by atoms with E-state index in [0.29, 0.717) is 0 Å². The molecular formula is C15H25N3O. The van der Waals surface area contributed by atoms with E-state index in [1.807, 2.05) is 0 Å². The molecule has 106 valence electrons. The monoisotopic (exact) mass is 263 g/mol. The van der Waals surface area contributed by atoms with E-state index in [1.165, 1.54) is 36.9 Å². The number of rotatable bonds is 8. The van der Waals surface area contributed by atoms with Crippen LogP contribution in [0.5, 0.6) is 0 Å². The maximum absolute atomic E-state index is 4.99. The molecule has 1 aromatic rings. The van der Waals surface area contributed by atoms with Gasteiger partial charge in [-0.05, 0) is 50.3 Å². The quantitative estimate of drug-likeness (QED) is 0.704. The van der Waals surface area contributed by atoms with Crippen LogP contribution in [0.1, 0.15) is 30.5 Å². The minimum absolute atomic E-state index is 0.790. The first-order valence-corrected chi connectivity index (χ1v) is 7.32. The van der Waals surface area contributed by atoms with Crippen molar-refractivity contribution in [3.05, 3.63) is 23.4 Å². The third kappa shape index (κ3) is 4.80. The van der Waals surface area contributed by atoms with E-state index >= 15 is 0 Å². The summed E-state index contributed by atoms with van der Waals surface area (Å²) in [5.41, 5.74) is 2.58. The lowest BCUT2D eigenvalue weighted by Crippen LogP contribution is -2.20. The number of pyridine rings is 1.